The van der Waals surface area contributed by atoms with Crippen molar-refractivity contribution in [3.05, 3.63) is 34.1 Å². The van der Waals surface area contributed by atoms with Crippen LogP contribution in [-0.2, 0) is 4.74 Å². The molecular formula is C15H19BrFNOS. The van der Waals surface area contributed by atoms with Crippen LogP contribution >= 0.6 is 27.7 Å². The van der Waals surface area contributed by atoms with Crippen molar-refractivity contribution in [2.24, 2.45) is 11.7 Å². The average molecular weight is 360 g/mol. The maximum absolute atomic E-state index is 14.2. The first-order chi connectivity index (χ1) is 9.61. The first-order valence-electron chi connectivity index (χ1n) is 7.02. The first-order valence-corrected chi connectivity index (χ1v) is 8.97. The molecule has 3 unspecified atom stereocenters. The minimum atomic E-state index is -0.251. The summed E-state index contributed by atoms with van der Waals surface area (Å²) in [5, 5.41) is 0. The Hall–Kier alpha value is -0.100. The molecule has 0 bridgehead atoms. The molecule has 3 rings (SSSR count). The topological polar surface area (TPSA) is 35.2 Å². The normalized spacial score (nSPS) is 31.6. The Bertz CT molecular complexity index is 493. The number of hydrogen-bond acceptors (Lipinski definition) is 3. The molecule has 2 fully saturated rings. The van der Waals surface area contributed by atoms with Crippen LogP contribution in [0, 0.1) is 11.7 Å². The van der Waals surface area contributed by atoms with Gasteiger partial charge in [0.05, 0.1) is 10.1 Å². The molecule has 20 heavy (non-hydrogen) atoms. The van der Waals surface area contributed by atoms with E-state index in [1.807, 2.05) is 17.8 Å². The molecule has 0 saturated carbocycles. The molecule has 1 aromatic rings. The van der Waals surface area contributed by atoms with Crippen LogP contribution in [0.25, 0.3) is 0 Å². The van der Waals surface area contributed by atoms with Crippen LogP contribution in [0.15, 0.2) is 22.7 Å². The van der Waals surface area contributed by atoms with Crippen LogP contribution < -0.4 is 5.73 Å². The molecular weight excluding hydrogens is 341 g/mol. The summed E-state index contributed by atoms with van der Waals surface area (Å²) in [4.78, 5) is 0. The number of nitrogens with two attached hydrogens (primary N) is 1. The van der Waals surface area contributed by atoms with E-state index in [-0.39, 0.29) is 17.5 Å². The maximum atomic E-state index is 14.2. The molecule has 0 aromatic heterocycles. The van der Waals surface area contributed by atoms with Crippen LogP contribution in [0.5, 0.6) is 0 Å². The third-order valence-corrected chi connectivity index (χ3v) is 6.28. The SMILES string of the molecule is NC(c1cccc(Br)c1F)C1CCOC2(CCSC2)C1. The molecule has 2 aliphatic heterocycles. The number of hydrogen-bond donors (Lipinski definition) is 1. The number of halogens is 2. The summed E-state index contributed by atoms with van der Waals surface area (Å²) >= 11 is 5.19. The molecule has 0 aliphatic carbocycles. The Morgan fingerprint density at radius 2 is 2.35 bits per heavy atom. The molecule has 1 spiro atoms. The molecule has 0 radical (unpaired) electrons. The van der Waals surface area contributed by atoms with Crippen molar-refractivity contribution in [1.29, 1.82) is 0 Å². The Kier molecular flexibility index (Phi) is 4.41. The average Bonchev–Trinajstić information content (AvgIpc) is 2.89. The molecule has 1 aromatic carbocycles. The monoisotopic (exact) mass is 359 g/mol. The van der Waals surface area contributed by atoms with Gasteiger partial charge in [0.25, 0.3) is 0 Å². The van der Waals surface area contributed by atoms with Crippen LogP contribution in [0.3, 0.4) is 0 Å². The quantitative estimate of drug-likeness (QED) is 0.869. The van der Waals surface area contributed by atoms with Gasteiger partial charge in [-0.2, -0.15) is 11.8 Å². The van der Waals surface area contributed by atoms with Crippen LogP contribution in [-0.4, -0.2) is 23.7 Å². The van der Waals surface area contributed by atoms with Crippen molar-refractivity contribution in [2.45, 2.75) is 30.9 Å². The van der Waals surface area contributed by atoms with Gasteiger partial charge >= 0.3 is 0 Å². The second-order valence-corrected chi connectivity index (χ2v) is 7.72. The highest BCUT2D eigenvalue weighted by Gasteiger charge is 2.42. The van der Waals surface area contributed by atoms with Crippen molar-refractivity contribution < 1.29 is 9.13 Å². The van der Waals surface area contributed by atoms with E-state index in [0.717, 1.165) is 37.4 Å². The van der Waals surface area contributed by atoms with E-state index < -0.39 is 0 Å². The van der Waals surface area contributed by atoms with Gasteiger partial charge in [-0.05, 0) is 52.9 Å². The predicted molar refractivity (Wildman–Crippen MR) is 84.4 cm³/mol. The second-order valence-electron chi connectivity index (χ2n) is 5.76. The van der Waals surface area contributed by atoms with Gasteiger partial charge in [-0.3, -0.25) is 0 Å². The van der Waals surface area contributed by atoms with Gasteiger partial charge in [0.2, 0.25) is 0 Å². The van der Waals surface area contributed by atoms with E-state index in [2.05, 4.69) is 15.9 Å². The van der Waals surface area contributed by atoms with Crippen LogP contribution in [0.1, 0.15) is 30.9 Å². The molecule has 5 heteroatoms. The lowest BCUT2D eigenvalue weighted by Crippen LogP contribution is -2.42. The van der Waals surface area contributed by atoms with Gasteiger partial charge in [-0.1, -0.05) is 12.1 Å². The van der Waals surface area contributed by atoms with E-state index in [0.29, 0.717) is 16.0 Å². The predicted octanol–water partition coefficient (Wildman–Crippen LogP) is 3.89. The lowest BCUT2D eigenvalue weighted by atomic mass is 9.79. The Balaban J connectivity index is 1.79. The van der Waals surface area contributed by atoms with Crippen molar-refractivity contribution in [2.75, 3.05) is 18.1 Å². The highest BCUT2D eigenvalue weighted by molar-refractivity contribution is 9.10. The number of benzene rings is 1. The van der Waals surface area contributed by atoms with E-state index >= 15 is 0 Å². The summed E-state index contributed by atoms with van der Waals surface area (Å²) in [6.45, 7) is 0.745. The van der Waals surface area contributed by atoms with Gasteiger partial charge in [0, 0.05) is 24.0 Å². The zero-order chi connectivity index (χ0) is 14.2. The van der Waals surface area contributed by atoms with Crippen molar-refractivity contribution in [3.63, 3.8) is 0 Å². The van der Waals surface area contributed by atoms with Crippen molar-refractivity contribution in [3.8, 4) is 0 Å². The fraction of sp³-hybridized carbons (Fsp3) is 0.600. The van der Waals surface area contributed by atoms with Crippen LogP contribution in [0.4, 0.5) is 4.39 Å². The number of thioether (sulfide) groups is 1. The van der Waals surface area contributed by atoms with Crippen LogP contribution in [0.2, 0.25) is 0 Å². The van der Waals surface area contributed by atoms with Crippen molar-refractivity contribution >= 4 is 27.7 Å². The number of ether oxygens (including phenoxy) is 1. The standard InChI is InChI=1S/C15H19BrFNOS/c16-12-3-1-2-11(13(12)17)14(18)10-4-6-19-15(8-10)5-7-20-9-15/h1-3,10,14H,4-9,18H2. The molecule has 2 aliphatic rings. The van der Waals surface area contributed by atoms with Gasteiger partial charge in [0.15, 0.2) is 0 Å². The Morgan fingerprint density at radius 3 is 3.10 bits per heavy atom. The number of rotatable bonds is 2. The van der Waals surface area contributed by atoms with E-state index in [4.69, 9.17) is 10.5 Å². The highest BCUT2D eigenvalue weighted by Crippen LogP contribution is 2.43. The van der Waals surface area contributed by atoms with E-state index in [9.17, 15) is 4.39 Å². The van der Waals surface area contributed by atoms with E-state index in [1.54, 1.807) is 12.1 Å². The van der Waals surface area contributed by atoms with Gasteiger partial charge < -0.3 is 10.5 Å². The lowest BCUT2D eigenvalue weighted by molar-refractivity contribution is -0.0835. The first kappa shape index (κ1) is 14.8. The summed E-state index contributed by atoms with van der Waals surface area (Å²) in [5.41, 5.74) is 6.98. The Morgan fingerprint density at radius 1 is 1.50 bits per heavy atom. The zero-order valence-electron chi connectivity index (χ0n) is 11.3. The lowest BCUT2D eigenvalue weighted by Gasteiger charge is -2.40. The minimum absolute atomic E-state index is 0.00626. The minimum Gasteiger partial charge on any atom is -0.374 e. The molecule has 0 amide bonds. The molecule has 2 N–H and O–H groups in total. The van der Waals surface area contributed by atoms with Gasteiger partial charge in [0.1, 0.15) is 5.82 Å². The molecule has 2 nitrogen and oxygen atoms in total. The molecule has 3 atom stereocenters. The van der Waals surface area contributed by atoms with Gasteiger partial charge in [-0.15, -0.1) is 0 Å². The summed E-state index contributed by atoms with van der Waals surface area (Å²) in [5.74, 6) is 2.29. The summed E-state index contributed by atoms with van der Waals surface area (Å²) in [6.07, 6.45) is 2.97. The summed E-state index contributed by atoms with van der Waals surface area (Å²) in [6, 6.07) is 5.11. The fourth-order valence-electron chi connectivity index (χ4n) is 3.27. The molecule has 110 valence electrons. The van der Waals surface area contributed by atoms with E-state index in [1.165, 1.54) is 0 Å². The molecule has 2 heterocycles. The second kappa shape index (κ2) is 5.95. The summed E-state index contributed by atoms with van der Waals surface area (Å²) in [7, 11) is 0. The molecule has 2 saturated heterocycles. The fourth-order valence-corrected chi connectivity index (χ4v) is 5.03. The largest absolute Gasteiger partial charge is 0.374 e. The highest BCUT2D eigenvalue weighted by atomic mass is 79.9. The van der Waals surface area contributed by atoms with Crippen molar-refractivity contribution in [1.82, 2.24) is 0 Å². The third kappa shape index (κ3) is 2.78. The smallest absolute Gasteiger partial charge is 0.142 e. The van der Waals surface area contributed by atoms with Gasteiger partial charge in [-0.25, -0.2) is 4.39 Å². The summed E-state index contributed by atoms with van der Waals surface area (Å²) < 4.78 is 20.7. The third-order valence-electron chi connectivity index (χ3n) is 4.45. The maximum Gasteiger partial charge on any atom is 0.142 e. The Labute approximate surface area is 131 Å². The zero-order valence-corrected chi connectivity index (χ0v) is 13.7.